The van der Waals surface area contributed by atoms with E-state index in [4.69, 9.17) is 0 Å². The van der Waals surface area contributed by atoms with Gasteiger partial charge in [0.05, 0.1) is 11.8 Å². The molecule has 0 spiro atoms. The van der Waals surface area contributed by atoms with E-state index in [1.54, 1.807) is 12.4 Å². The van der Waals surface area contributed by atoms with Gasteiger partial charge in [0.15, 0.2) is 0 Å². The minimum atomic E-state index is 0.0242. The molecule has 0 radical (unpaired) electrons. The number of rotatable bonds is 5. The summed E-state index contributed by atoms with van der Waals surface area (Å²) in [6.07, 6.45) is 4.15. The number of carbonyl (C=O) groups is 1. The van der Waals surface area contributed by atoms with Gasteiger partial charge in [0, 0.05) is 19.3 Å². The molecular weight excluding hydrogens is 238 g/mol. The van der Waals surface area contributed by atoms with E-state index in [9.17, 15) is 4.79 Å². The first-order valence-electron chi connectivity index (χ1n) is 6.54. The lowest BCUT2D eigenvalue weighted by molar-refractivity contribution is 0.0743. The van der Waals surface area contributed by atoms with Crippen LogP contribution in [0.25, 0.3) is 0 Å². The van der Waals surface area contributed by atoms with E-state index >= 15 is 0 Å². The molecule has 0 fully saturated rings. The van der Waals surface area contributed by atoms with Gasteiger partial charge in [-0.1, -0.05) is 36.8 Å². The standard InChI is InChI=1S/C15H19N3O/c1-3-8-18(15(19)14-9-16-17-10-14)11-13-6-4-12(2)5-7-13/h4-7,9-10H,3,8,11H2,1-2H3,(H,16,17). The summed E-state index contributed by atoms with van der Waals surface area (Å²) < 4.78 is 0. The monoisotopic (exact) mass is 257 g/mol. The maximum Gasteiger partial charge on any atom is 0.257 e. The van der Waals surface area contributed by atoms with E-state index in [2.05, 4.69) is 48.3 Å². The Balaban J connectivity index is 2.11. The van der Waals surface area contributed by atoms with Gasteiger partial charge in [0.25, 0.3) is 5.91 Å². The third kappa shape index (κ3) is 3.44. The Bertz CT molecular complexity index is 517. The fourth-order valence-electron chi connectivity index (χ4n) is 1.99. The Morgan fingerprint density at radius 3 is 2.63 bits per heavy atom. The molecule has 0 saturated carbocycles. The smallest absolute Gasteiger partial charge is 0.257 e. The second-order valence-electron chi connectivity index (χ2n) is 4.70. The lowest BCUT2D eigenvalue weighted by Crippen LogP contribution is -2.31. The quantitative estimate of drug-likeness (QED) is 0.895. The van der Waals surface area contributed by atoms with Gasteiger partial charge in [0.1, 0.15) is 0 Å². The zero-order chi connectivity index (χ0) is 13.7. The lowest BCUT2D eigenvalue weighted by Gasteiger charge is -2.21. The Morgan fingerprint density at radius 2 is 2.05 bits per heavy atom. The summed E-state index contributed by atoms with van der Waals surface area (Å²) in [6.45, 7) is 5.52. The summed E-state index contributed by atoms with van der Waals surface area (Å²) in [4.78, 5) is 14.2. The molecule has 0 aliphatic heterocycles. The van der Waals surface area contributed by atoms with Crippen molar-refractivity contribution in [2.75, 3.05) is 6.54 Å². The number of aromatic amines is 1. The number of hydrogen-bond donors (Lipinski definition) is 1. The summed E-state index contributed by atoms with van der Waals surface area (Å²) in [7, 11) is 0. The van der Waals surface area contributed by atoms with Crippen LogP contribution in [0.15, 0.2) is 36.7 Å². The molecule has 1 aromatic carbocycles. The average Bonchev–Trinajstić information content (AvgIpc) is 2.94. The molecule has 100 valence electrons. The number of nitrogens with zero attached hydrogens (tertiary/aromatic N) is 2. The van der Waals surface area contributed by atoms with Crippen LogP contribution in [-0.2, 0) is 6.54 Å². The summed E-state index contributed by atoms with van der Waals surface area (Å²) in [5.74, 6) is 0.0242. The van der Waals surface area contributed by atoms with Crippen LogP contribution in [0.3, 0.4) is 0 Å². The topological polar surface area (TPSA) is 49.0 Å². The number of nitrogens with one attached hydrogen (secondary N) is 1. The summed E-state index contributed by atoms with van der Waals surface area (Å²) in [5.41, 5.74) is 2.99. The van der Waals surface area contributed by atoms with Gasteiger partial charge in [-0.05, 0) is 18.9 Å². The van der Waals surface area contributed by atoms with Gasteiger partial charge >= 0.3 is 0 Å². The first-order valence-corrected chi connectivity index (χ1v) is 6.54. The Labute approximate surface area is 113 Å². The van der Waals surface area contributed by atoms with E-state index < -0.39 is 0 Å². The molecule has 1 aromatic heterocycles. The fourth-order valence-corrected chi connectivity index (χ4v) is 1.99. The highest BCUT2D eigenvalue weighted by atomic mass is 16.2. The molecule has 1 amide bonds. The van der Waals surface area contributed by atoms with Crippen LogP contribution in [0.1, 0.15) is 34.8 Å². The highest BCUT2D eigenvalue weighted by Gasteiger charge is 2.16. The van der Waals surface area contributed by atoms with Gasteiger partial charge in [-0.3, -0.25) is 9.89 Å². The van der Waals surface area contributed by atoms with Crippen molar-refractivity contribution in [3.63, 3.8) is 0 Å². The minimum Gasteiger partial charge on any atom is -0.334 e. The zero-order valence-electron chi connectivity index (χ0n) is 11.4. The number of aryl methyl sites for hydroxylation is 1. The maximum absolute atomic E-state index is 12.3. The van der Waals surface area contributed by atoms with Crippen LogP contribution < -0.4 is 0 Å². The van der Waals surface area contributed by atoms with E-state index in [0.717, 1.165) is 18.5 Å². The van der Waals surface area contributed by atoms with Crippen LogP contribution in [0.5, 0.6) is 0 Å². The number of amides is 1. The summed E-state index contributed by atoms with van der Waals surface area (Å²) >= 11 is 0. The van der Waals surface area contributed by atoms with Crippen molar-refractivity contribution in [2.24, 2.45) is 0 Å². The molecular formula is C15H19N3O. The van der Waals surface area contributed by atoms with Crippen LogP contribution in [0.2, 0.25) is 0 Å². The highest BCUT2D eigenvalue weighted by Crippen LogP contribution is 2.11. The second kappa shape index (κ2) is 6.18. The fraction of sp³-hybridized carbons (Fsp3) is 0.333. The molecule has 0 unspecified atom stereocenters. The third-order valence-corrected chi connectivity index (χ3v) is 3.02. The molecule has 0 aliphatic rings. The van der Waals surface area contributed by atoms with E-state index in [1.807, 2.05) is 4.90 Å². The number of hydrogen-bond acceptors (Lipinski definition) is 2. The molecule has 2 aromatic rings. The van der Waals surface area contributed by atoms with Crippen molar-refractivity contribution < 1.29 is 4.79 Å². The van der Waals surface area contributed by atoms with Crippen LogP contribution in [0, 0.1) is 6.92 Å². The normalized spacial score (nSPS) is 10.4. The minimum absolute atomic E-state index is 0.0242. The molecule has 1 N–H and O–H groups in total. The molecule has 19 heavy (non-hydrogen) atoms. The predicted molar refractivity (Wildman–Crippen MR) is 74.8 cm³/mol. The molecule has 0 saturated heterocycles. The van der Waals surface area contributed by atoms with Crippen molar-refractivity contribution >= 4 is 5.91 Å². The maximum atomic E-state index is 12.3. The first-order chi connectivity index (χ1) is 9.20. The molecule has 1 heterocycles. The van der Waals surface area contributed by atoms with Crippen molar-refractivity contribution in [1.82, 2.24) is 15.1 Å². The summed E-state index contributed by atoms with van der Waals surface area (Å²) in [5, 5.41) is 6.51. The number of carbonyl (C=O) groups excluding carboxylic acids is 1. The van der Waals surface area contributed by atoms with Crippen molar-refractivity contribution in [3.8, 4) is 0 Å². The van der Waals surface area contributed by atoms with E-state index in [1.165, 1.54) is 5.56 Å². The predicted octanol–water partition coefficient (Wildman–Crippen LogP) is 2.77. The van der Waals surface area contributed by atoms with E-state index in [0.29, 0.717) is 12.1 Å². The van der Waals surface area contributed by atoms with Crippen LogP contribution in [-0.4, -0.2) is 27.5 Å². The van der Waals surface area contributed by atoms with Gasteiger partial charge in [-0.15, -0.1) is 0 Å². The van der Waals surface area contributed by atoms with Gasteiger partial charge in [-0.2, -0.15) is 5.10 Å². The number of H-pyrrole nitrogens is 1. The van der Waals surface area contributed by atoms with Gasteiger partial charge < -0.3 is 4.90 Å². The Hall–Kier alpha value is -2.10. The van der Waals surface area contributed by atoms with Crippen molar-refractivity contribution in [1.29, 1.82) is 0 Å². The van der Waals surface area contributed by atoms with Crippen LogP contribution in [0.4, 0.5) is 0 Å². The van der Waals surface area contributed by atoms with Crippen molar-refractivity contribution in [2.45, 2.75) is 26.8 Å². The average molecular weight is 257 g/mol. The zero-order valence-corrected chi connectivity index (χ0v) is 11.4. The summed E-state index contributed by atoms with van der Waals surface area (Å²) in [6, 6.07) is 8.28. The number of benzene rings is 1. The molecule has 4 nitrogen and oxygen atoms in total. The SMILES string of the molecule is CCCN(Cc1ccc(C)cc1)C(=O)c1cn[nH]c1. The van der Waals surface area contributed by atoms with Crippen molar-refractivity contribution in [3.05, 3.63) is 53.3 Å². The lowest BCUT2D eigenvalue weighted by atomic mass is 10.1. The highest BCUT2D eigenvalue weighted by molar-refractivity contribution is 5.93. The van der Waals surface area contributed by atoms with Gasteiger partial charge in [-0.25, -0.2) is 0 Å². The van der Waals surface area contributed by atoms with Crippen LogP contribution >= 0.6 is 0 Å². The second-order valence-corrected chi connectivity index (χ2v) is 4.70. The first kappa shape index (κ1) is 13.3. The Kier molecular flexibility index (Phi) is 4.34. The third-order valence-electron chi connectivity index (χ3n) is 3.02. The largest absolute Gasteiger partial charge is 0.334 e. The van der Waals surface area contributed by atoms with E-state index in [-0.39, 0.29) is 5.91 Å². The molecule has 4 heteroatoms. The Morgan fingerprint density at radius 1 is 1.32 bits per heavy atom. The molecule has 0 bridgehead atoms. The molecule has 0 atom stereocenters. The number of aromatic nitrogens is 2. The molecule has 2 rings (SSSR count). The molecule has 0 aliphatic carbocycles. The van der Waals surface area contributed by atoms with Gasteiger partial charge in [0.2, 0.25) is 0 Å².